The minimum atomic E-state index is -4.62. The van der Waals surface area contributed by atoms with Crippen LogP contribution in [0.3, 0.4) is 0 Å². The lowest BCUT2D eigenvalue weighted by Gasteiger charge is -2.30. The Bertz CT molecular complexity index is 923. The molecule has 1 aliphatic rings. The molecule has 1 amide bonds. The third-order valence-corrected chi connectivity index (χ3v) is 7.08. The minimum absolute atomic E-state index is 0.0768. The molecule has 1 aromatic heterocycles. The highest BCUT2D eigenvalue weighted by Crippen LogP contribution is 2.32. The molecule has 2 heterocycles. The van der Waals surface area contributed by atoms with Crippen molar-refractivity contribution in [3.05, 3.63) is 46.4 Å². The Morgan fingerprint density at radius 2 is 2.00 bits per heavy atom. The van der Waals surface area contributed by atoms with Gasteiger partial charge in [-0.1, -0.05) is 6.07 Å². The second-order valence-corrected chi connectivity index (χ2v) is 9.06. The maximum absolute atomic E-state index is 12.9. The summed E-state index contributed by atoms with van der Waals surface area (Å²) in [7, 11) is -4.05. The number of alkyl halides is 3. The molecule has 152 valence electrons. The van der Waals surface area contributed by atoms with E-state index >= 15 is 0 Å². The molecule has 3 rings (SSSR count). The van der Waals surface area contributed by atoms with Crippen LogP contribution < -0.4 is 5.32 Å². The zero-order chi connectivity index (χ0) is 20.4. The summed E-state index contributed by atoms with van der Waals surface area (Å²) in [6.07, 6.45) is -4.00. The van der Waals surface area contributed by atoms with Crippen molar-refractivity contribution in [2.24, 2.45) is 5.92 Å². The SMILES string of the molecule is O=C(NCc1cscn1)C1CCN(S(=O)(=O)c2cccc(C(F)(F)F)c2)CC1. The van der Waals surface area contributed by atoms with E-state index in [1.165, 1.54) is 11.3 Å². The van der Waals surface area contributed by atoms with E-state index in [2.05, 4.69) is 10.3 Å². The van der Waals surface area contributed by atoms with Crippen LogP contribution in [0.5, 0.6) is 0 Å². The molecule has 1 aromatic carbocycles. The van der Waals surface area contributed by atoms with Crippen LogP contribution in [0.2, 0.25) is 0 Å². The van der Waals surface area contributed by atoms with Gasteiger partial charge >= 0.3 is 6.18 Å². The number of nitrogens with zero attached hydrogens (tertiary/aromatic N) is 2. The first-order valence-corrected chi connectivity index (χ1v) is 10.9. The molecule has 1 N–H and O–H groups in total. The van der Waals surface area contributed by atoms with Gasteiger partial charge in [0.05, 0.1) is 28.2 Å². The Hall–Kier alpha value is -1.98. The molecular formula is C17H18F3N3O3S2. The number of benzene rings is 1. The number of hydrogen-bond donors (Lipinski definition) is 1. The van der Waals surface area contributed by atoms with E-state index in [-0.39, 0.29) is 24.9 Å². The van der Waals surface area contributed by atoms with Gasteiger partial charge in [0.2, 0.25) is 15.9 Å². The standard InChI is InChI=1S/C17H18F3N3O3S2/c18-17(19,20)13-2-1-3-15(8-13)28(25,26)23-6-4-12(5-7-23)16(24)21-9-14-10-27-11-22-14/h1-3,8,10-12H,4-7,9H2,(H,21,24). The number of aromatic nitrogens is 1. The van der Waals surface area contributed by atoms with E-state index in [1.807, 2.05) is 5.38 Å². The second-order valence-electron chi connectivity index (χ2n) is 6.40. The lowest BCUT2D eigenvalue weighted by Crippen LogP contribution is -2.42. The van der Waals surface area contributed by atoms with Crippen molar-refractivity contribution >= 4 is 27.3 Å². The molecule has 0 unspecified atom stereocenters. The van der Waals surface area contributed by atoms with Gasteiger partial charge in [0.25, 0.3) is 0 Å². The fourth-order valence-electron chi connectivity index (χ4n) is 2.99. The molecule has 11 heteroatoms. The molecule has 1 fully saturated rings. The van der Waals surface area contributed by atoms with Gasteiger partial charge in [0.15, 0.2) is 0 Å². The van der Waals surface area contributed by atoms with Crippen molar-refractivity contribution in [2.45, 2.75) is 30.5 Å². The monoisotopic (exact) mass is 433 g/mol. The van der Waals surface area contributed by atoms with Crippen LogP contribution in [0, 0.1) is 5.92 Å². The zero-order valence-electron chi connectivity index (χ0n) is 14.6. The number of halogens is 3. The average Bonchev–Trinajstić information content (AvgIpc) is 3.19. The normalized spacial score (nSPS) is 16.8. The van der Waals surface area contributed by atoms with E-state index in [9.17, 15) is 26.4 Å². The first-order valence-electron chi connectivity index (χ1n) is 8.50. The Morgan fingerprint density at radius 3 is 2.61 bits per heavy atom. The summed E-state index contributed by atoms with van der Waals surface area (Å²) in [5.74, 6) is -0.518. The molecule has 0 spiro atoms. The number of carbonyl (C=O) groups excluding carboxylic acids is 1. The van der Waals surface area contributed by atoms with Crippen LogP contribution in [0.15, 0.2) is 40.1 Å². The number of carbonyl (C=O) groups is 1. The molecule has 28 heavy (non-hydrogen) atoms. The van der Waals surface area contributed by atoms with Crippen molar-refractivity contribution in [2.75, 3.05) is 13.1 Å². The molecule has 0 atom stereocenters. The van der Waals surface area contributed by atoms with E-state index in [1.54, 1.807) is 5.51 Å². The molecular weight excluding hydrogens is 415 g/mol. The van der Waals surface area contributed by atoms with Crippen LogP contribution >= 0.6 is 11.3 Å². The lowest BCUT2D eigenvalue weighted by molar-refractivity contribution is -0.137. The molecule has 1 saturated heterocycles. The average molecular weight is 433 g/mol. The summed E-state index contributed by atoms with van der Waals surface area (Å²) in [6, 6.07) is 3.70. The minimum Gasteiger partial charge on any atom is -0.350 e. The summed E-state index contributed by atoms with van der Waals surface area (Å²) < 4.78 is 65.1. The van der Waals surface area contributed by atoms with Crippen LogP contribution in [0.4, 0.5) is 13.2 Å². The van der Waals surface area contributed by atoms with Crippen molar-refractivity contribution in [1.29, 1.82) is 0 Å². The molecule has 0 bridgehead atoms. The Morgan fingerprint density at radius 1 is 1.29 bits per heavy atom. The summed E-state index contributed by atoms with van der Waals surface area (Å²) in [4.78, 5) is 15.9. The smallest absolute Gasteiger partial charge is 0.350 e. The van der Waals surface area contributed by atoms with E-state index in [0.29, 0.717) is 25.5 Å². The molecule has 2 aromatic rings. The number of nitrogens with one attached hydrogen (secondary N) is 1. The van der Waals surface area contributed by atoms with Gasteiger partial charge in [0, 0.05) is 24.4 Å². The van der Waals surface area contributed by atoms with Crippen molar-refractivity contribution < 1.29 is 26.4 Å². The van der Waals surface area contributed by atoms with Crippen LogP contribution in [-0.2, 0) is 27.5 Å². The molecule has 1 aliphatic heterocycles. The van der Waals surface area contributed by atoms with Crippen molar-refractivity contribution in [3.63, 3.8) is 0 Å². The Balaban J connectivity index is 1.61. The highest BCUT2D eigenvalue weighted by molar-refractivity contribution is 7.89. The van der Waals surface area contributed by atoms with Gasteiger partial charge in [-0.15, -0.1) is 11.3 Å². The van der Waals surface area contributed by atoms with Crippen LogP contribution in [-0.4, -0.2) is 36.7 Å². The summed E-state index contributed by atoms with van der Waals surface area (Å²) >= 11 is 1.42. The first-order chi connectivity index (χ1) is 13.2. The number of thiazole rings is 1. The highest BCUT2D eigenvalue weighted by atomic mass is 32.2. The Labute approximate surface area is 164 Å². The Kier molecular flexibility index (Phi) is 6.06. The molecule has 0 radical (unpaired) electrons. The number of rotatable bonds is 5. The van der Waals surface area contributed by atoms with Gasteiger partial charge in [-0.25, -0.2) is 13.4 Å². The summed E-state index contributed by atoms with van der Waals surface area (Å²) in [6.45, 7) is 0.464. The van der Waals surface area contributed by atoms with Gasteiger partial charge < -0.3 is 5.32 Å². The van der Waals surface area contributed by atoms with Crippen molar-refractivity contribution in [1.82, 2.24) is 14.6 Å². The fourth-order valence-corrected chi connectivity index (χ4v) is 5.06. The predicted molar refractivity (Wildman–Crippen MR) is 96.9 cm³/mol. The lowest BCUT2D eigenvalue weighted by atomic mass is 9.97. The maximum atomic E-state index is 12.9. The van der Waals surface area contributed by atoms with E-state index in [0.717, 1.165) is 28.2 Å². The highest BCUT2D eigenvalue weighted by Gasteiger charge is 2.35. The molecule has 0 aliphatic carbocycles. The first kappa shape index (κ1) is 20.7. The second kappa shape index (κ2) is 8.18. The zero-order valence-corrected chi connectivity index (χ0v) is 16.3. The van der Waals surface area contributed by atoms with Crippen molar-refractivity contribution in [3.8, 4) is 0 Å². The third-order valence-electron chi connectivity index (χ3n) is 4.55. The van der Waals surface area contributed by atoms with Gasteiger partial charge in [0.1, 0.15) is 0 Å². The quantitative estimate of drug-likeness (QED) is 0.787. The van der Waals surface area contributed by atoms with Gasteiger partial charge in [-0.3, -0.25) is 4.79 Å². The van der Waals surface area contributed by atoms with Gasteiger partial charge in [-0.2, -0.15) is 17.5 Å². The number of sulfonamides is 1. The van der Waals surface area contributed by atoms with Crippen LogP contribution in [0.25, 0.3) is 0 Å². The number of piperidine rings is 1. The fraction of sp³-hybridized carbons (Fsp3) is 0.412. The molecule has 6 nitrogen and oxygen atoms in total. The topological polar surface area (TPSA) is 79.4 Å². The largest absolute Gasteiger partial charge is 0.416 e. The predicted octanol–water partition coefficient (Wildman–Crippen LogP) is 2.88. The number of amides is 1. The van der Waals surface area contributed by atoms with Crippen LogP contribution in [0.1, 0.15) is 24.1 Å². The molecule has 0 saturated carbocycles. The van der Waals surface area contributed by atoms with E-state index in [4.69, 9.17) is 0 Å². The number of hydrogen-bond acceptors (Lipinski definition) is 5. The summed E-state index contributed by atoms with van der Waals surface area (Å²) in [5, 5.41) is 4.60. The summed E-state index contributed by atoms with van der Waals surface area (Å²) in [5.41, 5.74) is 1.41. The third kappa shape index (κ3) is 4.70. The maximum Gasteiger partial charge on any atom is 0.416 e. The van der Waals surface area contributed by atoms with E-state index < -0.39 is 26.7 Å². The van der Waals surface area contributed by atoms with Gasteiger partial charge in [-0.05, 0) is 31.0 Å².